The topological polar surface area (TPSA) is 91.2 Å². The highest BCUT2D eigenvalue weighted by atomic mass is 35.5. The maximum absolute atomic E-state index is 11.6. The monoisotopic (exact) mass is 413 g/mol. The number of benzene rings is 1. The second kappa shape index (κ2) is 8.18. The number of anilines is 2. The Morgan fingerprint density at radius 1 is 1.28 bits per heavy atom. The second-order valence-electron chi connectivity index (χ2n) is 6.81. The van der Waals surface area contributed by atoms with E-state index in [4.69, 9.17) is 21.1 Å². The van der Waals surface area contributed by atoms with E-state index in [-0.39, 0.29) is 0 Å². The van der Waals surface area contributed by atoms with E-state index < -0.39 is 5.97 Å². The quantitative estimate of drug-likeness (QED) is 0.590. The molecule has 1 saturated carbocycles. The summed E-state index contributed by atoms with van der Waals surface area (Å²) in [6, 6.07) is 7.25. The van der Waals surface area contributed by atoms with Gasteiger partial charge in [-0.3, -0.25) is 4.68 Å². The Bertz CT molecular complexity index is 1020. The molecule has 150 valence electrons. The first kappa shape index (κ1) is 19.4. The average molecular weight is 414 g/mol. The zero-order valence-electron chi connectivity index (χ0n) is 16.0. The molecule has 9 heteroatoms. The van der Waals surface area contributed by atoms with Gasteiger partial charge < -0.3 is 14.8 Å². The second-order valence-corrected chi connectivity index (χ2v) is 7.22. The van der Waals surface area contributed by atoms with Crippen molar-refractivity contribution < 1.29 is 14.3 Å². The highest BCUT2D eigenvalue weighted by Gasteiger charge is 2.39. The van der Waals surface area contributed by atoms with Gasteiger partial charge in [0.15, 0.2) is 0 Å². The minimum Gasteiger partial charge on any atom is -0.465 e. The number of hydrogen-bond donors (Lipinski definition) is 1. The van der Waals surface area contributed by atoms with Gasteiger partial charge in [-0.1, -0.05) is 23.7 Å². The van der Waals surface area contributed by atoms with E-state index >= 15 is 0 Å². The van der Waals surface area contributed by atoms with Crippen LogP contribution in [-0.4, -0.2) is 46.5 Å². The number of carbonyl (C=O) groups is 1. The van der Waals surface area contributed by atoms with E-state index in [1.165, 1.54) is 7.11 Å². The van der Waals surface area contributed by atoms with Gasteiger partial charge in [-0.05, 0) is 18.6 Å². The molecule has 8 nitrogen and oxygen atoms in total. The van der Waals surface area contributed by atoms with Crippen molar-refractivity contribution in [3.05, 3.63) is 53.4 Å². The fourth-order valence-electron chi connectivity index (χ4n) is 3.17. The summed E-state index contributed by atoms with van der Waals surface area (Å²) in [6.45, 7) is 0.742. The van der Waals surface area contributed by atoms with Gasteiger partial charge >= 0.3 is 5.97 Å². The fraction of sp³-hybridized carbons (Fsp3) is 0.300. The van der Waals surface area contributed by atoms with E-state index in [9.17, 15) is 4.79 Å². The molecule has 2 aromatic heterocycles. The largest absolute Gasteiger partial charge is 0.465 e. The summed E-state index contributed by atoms with van der Waals surface area (Å²) in [4.78, 5) is 20.4. The molecule has 0 amide bonds. The van der Waals surface area contributed by atoms with Crippen molar-refractivity contribution in [2.24, 2.45) is 5.92 Å². The van der Waals surface area contributed by atoms with Gasteiger partial charge in [-0.2, -0.15) is 5.10 Å². The third kappa shape index (κ3) is 4.23. The molecule has 4 rings (SSSR count). The number of nitrogens with zero attached hydrogens (tertiary/aromatic N) is 4. The lowest BCUT2D eigenvalue weighted by Gasteiger charge is -2.08. The van der Waals surface area contributed by atoms with Gasteiger partial charge in [-0.15, -0.1) is 0 Å². The van der Waals surface area contributed by atoms with E-state index in [2.05, 4.69) is 20.4 Å². The zero-order valence-corrected chi connectivity index (χ0v) is 16.8. The van der Waals surface area contributed by atoms with Gasteiger partial charge in [0.1, 0.15) is 0 Å². The number of halogens is 1. The summed E-state index contributed by atoms with van der Waals surface area (Å²) in [6.07, 6.45) is 6.28. The van der Waals surface area contributed by atoms with Crippen LogP contribution in [0.5, 0.6) is 0 Å². The van der Waals surface area contributed by atoms with E-state index in [1.807, 2.05) is 10.9 Å². The molecule has 1 N–H and O–H groups in total. The molecule has 0 bridgehead atoms. The molecule has 2 heterocycles. The van der Waals surface area contributed by atoms with Crippen molar-refractivity contribution in [3.8, 4) is 11.3 Å². The first-order valence-electron chi connectivity index (χ1n) is 9.10. The highest BCUT2D eigenvalue weighted by Crippen LogP contribution is 2.43. The summed E-state index contributed by atoms with van der Waals surface area (Å²) < 4.78 is 11.9. The molecule has 2 atom stereocenters. The van der Waals surface area contributed by atoms with Crippen molar-refractivity contribution in [1.82, 2.24) is 19.7 Å². The molecular formula is C20H20ClN5O3. The molecule has 1 fully saturated rings. The van der Waals surface area contributed by atoms with Crippen LogP contribution in [0, 0.1) is 5.92 Å². The standard InChI is InChI=1S/C20H20ClN5O3/c1-28-11-14-7-17(14)26-10-15(8-23-26)24-20-22-9-16(21)18(25-20)12-3-5-13(6-4-12)19(27)29-2/h3-6,8-10,14,17H,7,11H2,1-2H3,(H,22,24,25). The molecule has 0 spiro atoms. The number of methoxy groups -OCH3 is 2. The lowest BCUT2D eigenvalue weighted by Crippen LogP contribution is -2.01. The van der Waals surface area contributed by atoms with Crippen molar-refractivity contribution in [3.63, 3.8) is 0 Å². The Morgan fingerprint density at radius 3 is 2.79 bits per heavy atom. The van der Waals surface area contributed by atoms with Crippen LogP contribution in [0.1, 0.15) is 22.8 Å². The van der Waals surface area contributed by atoms with Crippen LogP contribution in [-0.2, 0) is 9.47 Å². The predicted octanol–water partition coefficient (Wildman–Crippen LogP) is 3.73. The van der Waals surface area contributed by atoms with Crippen molar-refractivity contribution in [1.29, 1.82) is 0 Å². The summed E-state index contributed by atoms with van der Waals surface area (Å²) in [5.74, 6) is 0.525. The summed E-state index contributed by atoms with van der Waals surface area (Å²) in [7, 11) is 3.06. The highest BCUT2D eigenvalue weighted by molar-refractivity contribution is 6.32. The lowest BCUT2D eigenvalue weighted by molar-refractivity contribution is 0.0601. The van der Waals surface area contributed by atoms with Crippen molar-refractivity contribution in [2.75, 3.05) is 26.1 Å². The van der Waals surface area contributed by atoms with E-state index in [1.54, 1.807) is 43.8 Å². The Labute approximate surface area is 172 Å². The fourth-order valence-corrected chi connectivity index (χ4v) is 3.37. The van der Waals surface area contributed by atoms with Crippen molar-refractivity contribution >= 4 is 29.2 Å². The number of hydrogen-bond acceptors (Lipinski definition) is 7. The number of esters is 1. The number of carbonyl (C=O) groups excluding carboxylic acids is 1. The molecule has 3 aromatic rings. The molecule has 1 aromatic carbocycles. The number of nitrogens with one attached hydrogen (secondary N) is 1. The third-order valence-corrected chi connectivity index (χ3v) is 5.06. The van der Waals surface area contributed by atoms with Crippen LogP contribution in [0.3, 0.4) is 0 Å². The Morgan fingerprint density at radius 2 is 2.07 bits per heavy atom. The van der Waals surface area contributed by atoms with Gasteiger partial charge in [0.05, 0.1) is 54.1 Å². The Kier molecular flexibility index (Phi) is 5.46. The summed E-state index contributed by atoms with van der Waals surface area (Å²) >= 11 is 6.29. The average Bonchev–Trinajstić information content (AvgIpc) is 3.36. The number of ether oxygens (including phenoxy) is 2. The van der Waals surface area contributed by atoms with E-state index in [0.717, 1.165) is 24.3 Å². The van der Waals surface area contributed by atoms with E-state index in [0.29, 0.717) is 34.2 Å². The third-order valence-electron chi connectivity index (χ3n) is 4.79. The van der Waals surface area contributed by atoms with Crippen LogP contribution in [0.4, 0.5) is 11.6 Å². The molecule has 0 radical (unpaired) electrons. The normalized spacial score (nSPS) is 17.8. The van der Waals surface area contributed by atoms with Crippen LogP contribution in [0.25, 0.3) is 11.3 Å². The number of aromatic nitrogens is 4. The maximum atomic E-state index is 11.6. The molecule has 0 aliphatic heterocycles. The van der Waals surface area contributed by atoms with Crippen molar-refractivity contribution in [2.45, 2.75) is 12.5 Å². The van der Waals surface area contributed by atoms with Gasteiger partial charge in [0.25, 0.3) is 0 Å². The molecule has 0 saturated heterocycles. The molecular weight excluding hydrogens is 394 g/mol. The van der Waals surface area contributed by atoms with Crippen LogP contribution >= 0.6 is 11.6 Å². The van der Waals surface area contributed by atoms with Gasteiger partial charge in [-0.25, -0.2) is 14.8 Å². The SMILES string of the molecule is COCC1CC1n1cc(Nc2ncc(Cl)c(-c3ccc(C(=O)OC)cc3)n2)cn1. The van der Waals surface area contributed by atoms with Gasteiger partial charge in [0.2, 0.25) is 5.95 Å². The summed E-state index contributed by atoms with van der Waals surface area (Å²) in [5.41, 5.74) is 2.58. The zero-order chi connectivity index (χ0) is 20.4. The van der Waals surface area contributed by atoms with Gasteiger partial charge in [0, 0.05) is 24.8 Å². The minimum absolute atomic E-state index is 0.375. The number of rotatable bonds is 7. The first-order valence-corrected chi connectivity index (χ1v) is 9.48. The van der Waals surface area contributed by atoms with Crippen LogP contribution < -0.4 is 5.32 Å². The molecule has 1 aliphatic carbocycles. The maximum Gasteiger partial charge on any atom is 0.337 e. The van der Waals surface area contributed by atoms with Crippen LogP contribution in [0.2, 0.25) is 5.02 Å². The first-order chi connectivity index (χ1) is 14.1. The smallest absolute Gasteiger partial charge is 0.337 e. The minimum atomic E-state index is -0.395. The predicted molar refractivity (Wildman–Crippen MR) is 108 cm³/mol. The summed E-state index contributed by atoms with van der Waals surface area (Å²) in [5, 5.41) is 7.99. The Hall–Kier alpha value is -2.97. The Balaban J connectivity index is 1.50. The molecule has 1 aliphatic rings. The van der Waals surface area contributed by atoms with Crippen LogP contribution in [0.15, 0.2) is 42.9 Å². The lowest BCUT2D eigenvalue weighted by atomic mass is 10.1. The molecule has 29 heavy (non-hydrogen) atoms. The molecule has 2 unspecified atom stereocenters.